The number of nitrogens with one attached hydrogen (secondary N) is 2. The molecule has 0 radical (unpaired) electrons. The van der Waals surface area contributed by atoms with Crippen LogP contribution in [-0.4, -0.2) is 48.0 Å². The molecule has 4 rings (SSSR count). The van der Waals surface area contributed by atoms with Crippen LogP contribution in [0.5, 0.6) is 0 Å². The molecule has 0 aliphatic heterocycles. The van der Waals surface area contributed by atoms with Crippen LogP contribution in [0.4, 0.5) is 23.1 Å². The summed E-state index contributed by atoms with van der Waals surface area (Å²) in [6.07, 6.45) is 4.40. The van der Waals surface area contributed by atoms with Gasteiger partial charge < -0.3 is 15.7 Å². The minimum Gasteiger partial charge on any atom is -0.393 e. The van der Waals surface area contributed by atoms with E-state index in [1.165, 1.54) is 37.5 Å². The highest BCUT2D eigenvalue weighted by Crippen LogP contribution is 2.30. The molecule has 0 amide bonds. The first kappa shape index (κ1) is 23.4. The van der Waals surface area contributed by atoms with E-state index in [1.54, 1.807) is 18.2 Å². The molecule has 0 saturated carbocycles. The van der Waals surface area contributed by atoms with Gasteiger partial charge in [-0.05, 0) is 61.1 Å². The standard InChI is InChI=1S/C23H26ClN5O3S/c1-29(2)33(31,32)21-6-4-3-5-20(21)27-22-19(24)14-25-23(28-22)26-17-10-7-15-8-11-18(30)12-9-16(15)13-17/h3-7,10,13-14,18,30H,8-9,11-12H2,1-2H3,(H2,25,26,27,28). The van der Waals surface area contributed by atoms with Crippen molar-refractivity contribution in [3.63, 3.8) is 0 Å². The molecule has 3 aromatic rings. The van der Waals surface area contributed by atoms with Gasteiger partial charge >= 0.3 is 0 Å². The summed E-state index contributed by atoms with van der Waals surface area (Å²) in [5, 5.41) is 16.4. The molecule has 1 heterocycles. The number of fused-ring (bicyclic) bond motifs is 1. The van der Waals surface area contributed by atoms with E-state index in [1.807, 2.05) is 6.07 Å². The molecule has 174 valence electrons. The fraction of sp³-hybridized carbons (Fsp3) is 0.304. The highest BCUT2D eigenvalue weighted by atomic mass is 35.5. The van der Waals surface area contributed by atoms with Gasteiger partial charge in [-0.2, -0.15) is 4.98 Å². The predicted octanol–water partition coefficient (Wildman–Crippen LogP) is 4.11. The van der Waals surface area contributed by atoms with Crippen molar-refractivity contribution in [2.45, 2.75) is 36.7 Å². The maximum atomic E-state index is 12.7. The van der Waals surface area contributed by atoms with Crippen molar-refractivity contribution in [2.75, 3.05) is 24.7 Å². The quantitative estimate of drug-likeness (QED) is 0.449. The number of rotatable bonds is 6. The molecule has 10 heteroatoms. The van der Waals surface area contributed by atoms with Gasteiger partial charge in [0.1, 0.15) is 9.92 Å². The van der Waals surface area contributed by atoms with Crippen molar-refractivity contribution in [2.24, 2.45) is 0 Å². The second-order valence-corrected chi connectivity index (χ2v) is 10.7. The summed E-state index contributed by atoms with van der Waals surface area (Å²) in [6.45, 7) is 0. The lowest BCUT2D eigenvalue weighted by Gasteiger charge is -2.16. The summed E-state index contributed by atoms with van der Waals surface area (Å²) in [7, 11) is -0.706. The van der Waals surface area contributed by atoms with E-state index in [0.29, 0.717) is 11.6 Å². The van der Waals surface area contributed by atoms with Crippen LogP contribution < -0.4 is 10.6 Å². The lowest BCUT2D eigenvalue weighted by molar-refractivity contribution is 0.158. The topological polar surface area (TPSA) is 107 Å². The second-order valence-electron chi connectivity index (χ2n) is 8.14. The van der Waals surface area contributed by atoms with Crippen LogP contribution in [-0.2, 0) is 22.9 Å². The zero-order valence-electron chi connectivity index (χ0n) is 18.4. The molecule has 1 atom stereocenters. The Morgan fingerprint density at radius 2 is 1.79 bits per heavy atom. The zero-order chi connectivity index (χ0) is 23.6. The van der Waals surface area contributed by atoms with E-state index in [0.717, 1.165) is 35.7 Å². The Morgan fingerprint density at radius 1 is 1.06 bits per heavy atom. The molecule has 8 nitrogen and oxygen atoms in total. The summed E-state index contributed by atoms with van der Waals surface area (Å²) in [4.78, 5) is 8.83. The van der Waals surface area contributed by atoms with Crippen molar-refractivity contribution in [1.82, 2.24) is 14.3 Å². The van der Waals surface area contributed by atoms with Gasteiger partial charge in [0.25, 0.3) is 0 Å². The summed E-state index contributed by atoms with van der Waals surface area (Å²) < 4.78 is 26.5. The molecule has 2 aromatic carbocycles. The summed E-state index contributed by atoms with van der Waals surface area (Å²) >= 11 is 6.31. The number of para-hydroxylation sites is 1. The second kappa shape index (κ2) is 9.64. The first-order chi connectivity index (χ1) is 15.7. The van der Waals surface area contributed by atoms with Crippen molar-refractivity contribution in [3.8, 4) is 0 Å². The number of aliphatic hydroxyl groups is 1. The van der Waals surface area contributed by atoms with Gasteiger partial charge in [-0.15, -0.1) is 0 Å². The Bertz CT molecular complexity index is 1270. The van der Waals surface area contributed by atoms with Crippen LogP contribution in [0.15, 0.2) is 53.6 Å². The first-order valence-corrected chi connectivity index (χ1v) is 12.4. The van der Waals surface area contributed by atoms with Gasteiger partial charge in [-0.1, -0.05) is 29.8 Å². The molecule has 0 spiro atoms. The molecule has 1 aliphatic carbocycles. The fourth-order valence-electron chi connectivity index (χ4n) is 3.73. The van der Waals surface area contributed by atoms with Crippen molar-refractivity contribution in [3.05, 3.63) is 64.8 Å². The predicted molar refractivity (Wildman–Crippen MR) is 130 cm³/mol. The van der Waals surface area contributed by atoms with E-state index in [9.17, 15) is 13.5 Å². The summed E-state index contributed by atoms with van der Waals surface area (Å²) in [5.41, 5.74) is 3.64. The number of aromatic nitrogens is 2. The largest absolute Gasteiger partial charge is 0.393 e. The van der Waals surface area contributed by atoms with Crippen LogP contribution in [0.25, 0.3) is 0 Å². The molecule has 0 saturated heterocycles. The minimum absolute atomic E-state index is 0.118. The molecule has 1 aromatic heterocycles. The maximum absolute atomic E-state index is 12.7. The van der Waals surface area contributed by atoms with E-state index < -0.39 is 10.0 Å². The number of hydrogen-bond donors (Lipinski definition) is 3. The van der Waals surface area contributed by atoms with E-state index in [-0.39, 0.29) is 21.8 Å². The minimum atomic E-state index is -3.66. The first-order valence-electron chi connectivity index (χ1n) is 10.6. The highest BCUT2D eigenvalue weighted by molar-refractivity contribution is 7.89. The lowest BCUT2D eigenvalue weighted by atomic mass is 10.0. The number of aryl methyl sites for hydroxylation is 2. The Hall–Kier alpha value is -2.72. The van der Waals surface area contributed by atoms with Crippen LogP contribution in [0, 0.1) is 0 Å². The van der Waals surface area contributed by atoms with E-state index in [2.05, 4.69) is 32.7 Å². The molecule has 33 heavy (non-hydrogen) atoms. The lowest BCUT2D eigenvalue weighted by Crippen LogP contribution is -2.23. The Kier molecular flexibility index (Phi) is 6.85. The monoisotopic (exact) mass is 487 g/mol. The third-order valence-electron chi connectivity index (χ3n) is 5.60. The molecule has 3 N–H and O–H groups in total. The normalized spacial score (nSPS) is 16.2. The third kappa shape index (κ3) is 5.27. The maximum Gasteiger partial charge on any atom is 0.244 e. The Labute approximate surface area is 198 Å². The van der Waals surface area contributed by atoms with Crippen molar-refractivity contribution < 1.29 is 13.5 Å². The fourth-order valence-corrected chi connectivity index (χ4v) is 4.91. The number of aliphatic hydroxyl groups excluding tert-OH is 1. The van der Waals surface area contributed by atoms with E-state index in [4.69, 9.17) is 11.6 Å². The number of nitrogens with zero attached hydrogens (tertiary/aromatic N) is 3. The van der Waals surface area contributed by atoms with Crippen LogP contribution in [0.2, 0.25) is 5.02 Å². The SMILES string of the molecule is CN(C)S(=O)(=O)c1ccccc1Nc1nc(Nc2ccc3c(c2)CCC(O)CC3)ncc1Cl. The van der Waals surface area contributed by atoms with Crippen molar-refractivity contribution >= 4 is 44.8 Å². The van der Waals surface area contributed by atoms with Gasteiger partial charge in [0.15, 0.2) is 5.82 Å². The molecule has 0 fully saturated rings. The molecule has 1 unspecified atom stereocenters. The van der Waals surface area contributed by atoms with Gasteiger partial charge in [0.05, 0.1) is 18.0 Å². The van der Waals surface area contributed by atoms with Gasteiger partial charge in [0.2, 0.25) is 16.0 Å². The molecular weight excluding hydrogens is 462 g/mol. The Balaban J connectivity index is 1.59. The van der Waals surface area contributed by atoms with Gasteiger partial charge in [-0.3, -0.25) is 0 Å². The average Bonchev–Trinajstić information content (AvgIpc) is 2.97. The van der Waals surface area contributed by atoms with Crippen LogP contribution in [0.3, 0.4) is 0 Å². The number of sulfonamides is 1. The number of anilines is 4. The van der Waals surface area contributed by atoms with Crippen LogP contribution >= 0.6 is 11.6 Å². The van der Waals surface area contributed by atoms with E-state index >= 15 is 0 Å². The number of halogens is 1. The average molecular weight is 488 g/mol. The van der Waals surface area contributed by atoms with Gasteiger partial charge in [-0.25, -0.2) is 17.7 Å². The highest BCUT2D eigenvalue weighted by Gasteiger charge is 2.22. The molecule has 0 bridgehead atoms. The van der Waals surface area contributed by atoms with Crippen molar-refractivity contribution in [1.29, 1.82) is 0 Å². The molecule has 1 aliphatic rings. The summed E-state index contributed by atoms with van der Waals surface area (Å²) in [5.74, 6) is 0.608. The zero-order valence-corrected chi connectivity index (χ0v) is 20.0. The summed E-state index contributed by atoms with van der Waals surface area (Å²) in [6, 6.07) is 12.7. The smallest absolute Gasteiger partial charge is 0.244 e. The number of benzene rings is 2. The van der Waals surface area contributed by atoms with Crippen LogP contribution in [0.1, 0.15) is 24.0 Å². The Morgan fingerprint density at radius 3 is 2.55 bits per heavy atom. The van der Waals surface area contributed by atoms with Gasteiger partial charge in [0, 0.05) is 19.8 Å². The molecular formula is C23H26ClN5O3S. The number of hydrogen-bond acceptors (Lipinski definition) is 7. The third-order valence-corrected chi connectivity index (χ3v) is 7.75.